The van der Waals surface area contributed by atoms with E-state index in [1.54, 1.807) is 12.4 Å². The number of ether oxygens (including phenoxy) is 2. The van der Waals surface area contributed by atoms with Crippen LogP contribution in [0.2, 0.25) is 0 Å². The Hall–Kier alpha value is -5.21. The lowest BCUT2D eigenvalue weighted by molar-refractivity contribution is -0.275. The zero-order valence-corrected chi connectivity index (χ0v) is 25.6. The van der Waals surface area contributed by atoms with E-state index in [1.807, 2.05) is 0 Å². The molecule has 0 amide bonds. The number of aromatic nitrogens is 2. The Morgan fingerprint density at radius 2 is 1.18 bits per heavy atom. The van der Waals surface area contributed by atoms with Crippen LogP contribution in [0.1, 0.15) is 37.3 Å². The Morgan fingerprint density at radius 1 is 0.600 bits per heavy atom. The summed E-state index contributed by atoms with van der Waals surface area (Å²) < 4.78 is 164. The molecule has 5 rings (SSSR count). The predicted octanol–water partition coefficient (Wildman–Crippen LogP) is 11.1. The topological polar surface area (TPSA) is 44.2 Å². The minimum absolute atomic E-state index is 0.181. The third-order valence-electron chi connectivity index (χ3n) is 7.35. The fourth-order valence-corrected chi connectivity index (χ4v) is 5.05. The number of halogens is 11. The molecule has 0 saturated heterocycles. The van der Waals surface area contributed by atoms with Gasteiger partial charge in [0.25, 0.3) is 0 Å². The van der Waals surface area contributed by atoms with Gasteiger partial charge >= 0.3 is 12.5 Å². The van der Waals surface area contributed by atoms with Crippen LogP contribution in [-0.2, 0) is 12.5 Å². The molecule has 0 atom stereocenters. The number of hydrogen-bond donors (Lipinski definition) is 0. The zero-order chi connectivity index (χ0) is 36.4. The predicted molar refractivity (Wildman–Crippen MR) is 159 cm³/mol. The molecule has 0 aliphatic rings. The van der Waals surface area contributed by atoms with Crippen LogP contribution in [0, 0.1) is 34.9 Å². The van der Waals surface area contributed by atoms with E-state index >= 15 is 22.0 Å². The van der Waals surface area contributed by atoms with E-state index < -0.39 is 81.1 Å². The summed E-state index contributed by atoms with van der Waals surface area (Å²) in [5, 5.41) is 0. The summed E-state index contributed by atoms with van der Waals surface area (Å²) in [7, 11) is 0. The molecule has 0 unspecified atom stereocenters. The van der Waals surface area contributed by atoms with Crippen LogP contribution in [0.5, 0.6) is 11.5 Å². The standard InChI is InChI=1S/C35H23F11N2O2/c1-2-3-4-5-18-16-47-33(48-17-18)20-6-8-23(24(36)11-20)21-12-28(40)32(29(41)13-21)34(42,43)49-22-14-26(38)31(27(39)15-22)19-7-9-30(25(37)10-19)50-35(44,45)46/h6-17H,2-5H2,1H3. The van der Waals surface area contributed by atoms with Crippen molar-refractivity contribution in [1.29, 1.82) is 0 Å². The average molecular weight is 713 g/mol. The van der Waals surface area contributed by atoms with E-state index in [4.69, 9.17) is 0 Å². The average Bonchev–Trinajstić information content (AvgIpc) is 3.01. The first-order valence-electron chi connectivity index (χ1n) is 14.8. The highest BCUT2D eigenvalue weighted by Gasteiger charge is 2.42. The summed E-state index contributed by atoms with van der Waals surface area (Å²) in [4.78, 5) is 8.45. The van der Waals surface area contributed by atoms with E-state index in [9.17, 15) is 26.3 Å². The Morgan fingerprint density at radius 3 is 1.74 bits per heavy atom. The van der Waals surface area contributed by atoms with Crippen molar-refractivity contribution in [3.63, 3.8) is 0 Å². The van der Waals surface area contributed by atoms with E-state index in [0.29, 0.717) is 30.3 Å². The minimum atomic E-state index is -5.26. The van der Waals surface area contributed by atoms with Gasteiger partial charge in [0.1, 0.15) is 40.4 Å². The molecule has 0 saturated carbocycles. The van der Waals surface area contributed by atoms with Gasteiger partial charge in [0.2, 0.25) is 0 Å². The summed E-state index contributed by atoms with van der Waals surface area (Å²) >= 11 is 0. The summed E-state index contributed by atoms with van der Waals surface area (Å²) in [5.41, 5.74) is -3.32. The second-order valence-corrected chi connectivity index (χ2v) is 11.0. The van der Waals surface area contributed by atoms with Crippen molar-refractivity contribution in [3.8, 4) is 45.1 Å². The van der Waals surface area contributed by atoms with Crippen molar-refractivity contribution < 1.29 is 57.8 Å². The molecular formula is C35H23F11N2O2. The Bertz CT molecular complexity index is 1970. The number of unbranched alkanes of at least 4 members (excludes halogenated alkanes) is 2. The molecule has 262 valence electrons. The molecule has 0 aliphatic carbocycles. The van der Waals surface area contributed by atoms with Gasteiger partial charge in [-0.05, 0) is 59.9 Å². The first kappa shape index (κ1) is 36.1. The van der Waals surface area contributed by atoms with Gasteiger partial charge in [-0.25, -0.2) is 36.3 Å². The Kier molecular flexibility index (Phi) is 10.3. The van der Waals surface area contributed by atoms with Gasteiger partial charge in [0.15, 0.2) is 17.4 Å². The van der Waals surface area contributed by atoms with Crippen LogP contribution in [0.3, 0.4) is 0 Å². The molecule has 0 spiro atoms. The third kappa shape index (κ3) is 8.14. The molecule has 0 N–H and O–H groups in total. The highest BCUT2D eigenvalue weighted by atomic mass is 19.4. The van der Waals surface area contributed by atoms with Crippen LogP contribution in [-0.4, -0.2) is 16.3 Å². The molecule has 50 heavy (non-hydrogen) atoms. The highest BCUT2D eigenvalue weighted by molar-refractivity contribution is 5.69. The van der Waals surface area contributed by atoms with Gasteiger partial charge in [0, 0.05) is 35.7 Å². The quantitative estimate of drug-likeness (QED) is 0.101. The van der Waals surface area contributed by atoms with Gasteiger partial charge in [0.05, 0.1) is 5.56 Å². The van der Waals surface area contributed by atoms with Crippen LogP contribution in [0.4, 0.5) is 48.3 Å². The van der Waals surface area contributed by atoms with E-state index in [0.717, 1.165) is 43.4 Å². The van der Waals surface area contributed by atoms with Crippen molar-refractivity contribution >= 4 is 0 Å². The Balaban J connectivity index is 1.36. The van der Waals surface area contributed by atoms with Gasteiger partial charge in [-0.3, -0.25) is 0 Å². The van der Waals surface area contributed by atoms with E-state index in [1.165, 1.54) is 6.07 Å². The maximum atomic E-state index is 15.1. The van der Waals surface area contributed by atoms with Gasteiger partial charge in [-0.2, -0.15) is 8.78 Å². The molecule has 4 aromatic carbocycles. The lowest BCUT2D eigenvalue weighted by Gasteiger charge is -2.20. The first-order valence-corrected chi connectivity index (χ1v) is 14.8. The monoisotopic (exact) mass is 712 g/mol. The fourth-order valence-electron chi connectivity index (χ4n) is 5.05. The minimum Gasteiger partial charge on any atom is -0.429 e. The van der Waals surface area contributed by atoms with Gasteiger partial charge in [-0.1, -0.05) is 38.0 Å². The molecule has 1 heterocycles. The largest absolute Gasteiger partial charge is 0.573 e. The Labute approximate surface area is 277 Å². The fraction of sp³-hybridized carbons (Fsp3) is 0.200. The number of hydrogen-bond acceptors (Lipinski definition) is 4. The van der Waals surface area contributed by atoms with E-state index in [-0.39, 0.29) is 29.1 Å². The van der Waals surface area contributed by atoms with Crippen LogP contribution in [0.15, 0.2) is 73.1 Å². The summed E-state index contributed by atoms with van der Waals surface area (Å²) in [6.45, 7) is 2.07. The zero-order valence-electron chi connectivity index (χ0n) is 25.6. The van der Waals surface area contributed by atoms with Crippen LogP contribution < -0.4 is 9.47 Å². The number of benzene rings is 4. The number of rotatable bonds is 11. The molecule has 15 heteroatoms. The van der Waals surface area contributed by atoms with E-state index in [2.05, 4.69) is 26.4 Å². The molecular weight excluding hydrogens is 689 g/mol. The number of aryl methyl sites for hydroxylation is 1. The lowest BCUT2D eigenvalue weighted by Crippen LogP contribution is -2.25. The van der Waals surface area contributed by atoms with Crippen molar-refractivity contribution in [2.45, 2.75) is 45.1 Å². The van der Waals surface area contributed by atoms with Crippen molar-refractivity contribution in [3.05, 3.63) is 119 Å². The second-order valence-electron chi connectivity index (χ2n) is 11.0. The summed E-state index contributed by atoms with van der Waals surface area (Å²) in [6.07, 6.45) is -3.14. The van der Waals surface area contributed by atoms with Crippen LogP contribution >= 0.6 is 0 Å². The first-order chi connectivity index (χ1) is 23.6. The highest BCUT2D eigenvalue weighted by Crippen LogP contribution is 2.40. The SMILES string of the molecule is CCCCCc1cnc(-c2ccc(-c3cc(F)c(C(F)(F)Oc4cc(F)c(-c5ccc(OC(F)(F)F)c(F)c5)c(F)c4)c(F)c3)c(F)c2)nc1. The lowest BCUT2D eigenvalue weighted by atomic mass is 10.00. The molecule has 0 fully saturated rings. The molecule has 1 aromatic heterocycles. The smallest absolute Gasteiger partial charge is 0.429 e. The van der Waals surface area contributed by atoms with Crippen molar-refractivity contribution in [1.82, 2.24) is 9.97 Å². The maximum Gasteiger partial charge on any atom is 0.573 e. The van der Waals surface area contributed by atoms with Gasteiger partial charge < -0.3 is 9.47 Å². The summed E-state index contributed by atoms with van der Waals surface area (Å²) in [6, 6.07) is 6.16. The number of nitrogens with zero attached hydrogens (tertiary/aromatic N) is 2. The van der Waals surface area contributed by atoms with Crippen molar-refractivity contribution in [2.24, 2.45) is 0 Å². The number of alkyl halides is 5. The second kappa shape index (κ2) is 14.3. The molecule has 0 aliphatic heterocycles. The van der Waals surface area contributed by atoms with Crippen molar-refractivity contribution in [2.75, 3.05) is 0 Å². The third-order valence-corrected chi connectivity index (χ3v) is 7.35. The normalized spacial score (nSPS) is 11.9. The summed E-state index contributed by atoms with van der Waals surface area (Å²) in [5.74, 6) is -12.0. The molecule has 5 aromatic rings. The molecule has 4 nitrogen and oxygen atoms in total. The molecule has 0 radical (unpaired) electrons. The van der Waals surface area contributed by atoms with Crippen LogP contribution in [0.25, 0.3) is 33.6 Å². The maximum absolute atomic E-state index is 15.1. The molecule has 0 bridgehead atoms. The van der Waals surface area contributed by atoms with Gasteiger partial charge in [-0.15, -0.1) is 13.2 Å².